The van der Waals surface area contributed by atoms with Crippen LogP contribution in [-0.2, 0) is 21.1 Å². The molecule has 0 saturated heterocycles. The molecule has 0 atom stereocenters. The van der Waals surface area contributed by atoms with Crippen LogP contribution in [0.1, 0.15) is 0 Å². The fourth-order valence-corrected chi connectivity index (χ4v) is 16.7. The van der Waals surface area contributed by atoms with Gasteiger partial charge in [0.15, 0.2) is 0 Å². The van der Waals surface area contributed by atoms with E-state index in [2.05, 4.69) is 0 Å². The average Bonchev–Trinajstić information content (AvgIpc) is 3.38. The zero-order valence-electron chi connectivity index (χ0n) is 35.0. The van der Waals surface area contributed by atoms with Gasteiger partial charge in [0.25, 0.3) is 25.0 Å². The van der Waals surface area contributed by atoms with E-state index in [-0.39, 0.29) is 21.1 Å². The molecule has 0 aliphatic carbocycles. The van der Waals surface area contributed by atoms with Crippen molar-refractivity contribution < 1.29 is 35.5 Å². The minimum atomic E-state index is -2.88. The van der Waals surface area contributed by atoms with Gasteiger partial charge in [-0.1, -0.05) is 273 Å². The van der Waals surface area contributed by atoms with Gasteiger partial charge >= 0.3 is 0 Å². The van der Waals surface area contributed by atoms with E-state index in [4.69, 9.17) is 10.1 Å². The first-order valence-corrected chi connectivity index (χ1v) is 26.3. The number of hydrogen-bond donors (Lipinski definition) is 3. The topological polar surface area (TPSA) is 113 Å². The minimum Gasteiger partial charge on any atom is -0.444 e. The first-order valence-electron chi connectivity index (χ1n) is 20.5. The minimum absolute atomic E-state index is 0. The van der Waals surface area contributed by atoms with Crippen LogP contribution in [0.5, 0.6) is 0 Å². The molecular formula is C54H48MoNO5Si3-. The van der Waals surface area contributed by atoms with Crippen molar-refractivity contribution in [3.8, 4) is 0 Å². The number of benzene rings is 9. The molecular weight excluding hydrogens is 923 g/mol. The van der Waals surface area contributed by atoms with Crippen LogP contribution in [0.3, 0.4) is 0 Å². The number of hydrogen-bond acceptors (Lipinski definition) is 6. The Balaban J connectivity index is 0.000000174. The molecule has 3 N–H and O–H groups in total. The predicted molar refractivity (Wildman–Crippen MR) is 268 cm³/mol. The Hall–Kier alpha value is -6.40. The van der Waals surface area contributed by atoms with E-state index in [1.54, 1.807) is 0 Å². The van der Waals surface area contributed by atoms with E-state index < -0.39 is 25.0 Å². The molecule has 9 rings (SSSR count). The van der Waals surface area contributed by atoms with Crippen LogP contribution in [0.25, 0.3) is 0 Å². The van der Waals surface area contributed by atoms with Gasteiger partial charge in [0, 0.05) is 21.1 Å². The Morgan fingerprint density at radius 1 is 0.250 bits per heavy atom. The van der Waals surface area contributed by atoms with E-state index in [1.165, 1.54) is 0 Å². The molecule has 0 aliphatic heterocycles. The summed E-state index contributed by atoms with van der Waals surface area (Å²) in [4.78, 5) is 42.7. The SMILES string of the molecule is O=N[O-].O[Si](c1ccccc1)(c1ccccc1)c1ccccc1.O[Si](c1ccccc1)(c1ccccc1)c1ccccc1.O[Si](c1ccccc1)(c1ccccc1)c1ccccc1.[Mo]. The molecule has 0 heterocycles. The van der Waals surface area contributed by atoms with Crippen molar-refractivity contribution in [2.24, 2.45) is 5.34 Å². The summed E-state index contributed by atoms with van der Waals surface area (Å²) in [6.07, 6.45) is 0. The number of nitrogens with zero attached hydrogens (tertiary/aromatic N) is 1. The molecule has 9 aromatic rings. The molecule has 0 saturated carbocycles. The summed E-state index contributed by atoms with van der Waals surface area (Å²) in [5.41, 5.74) is 0. The smallest absolute Gasteiger partial charge is 0.285 e. The maximum atomic E-state index is 11.6. The van der Waals surface area contributed by atoms with Crippen LogP contribution in [0, 0.1) is 10.1 Å². The Bertz CT molecular complexity index is 2080. The first-order chi connectivity index (χ1) is 30.9. The summed E-state index contributed by atoms with van der Waals surface area (Å²) in [7, 11) is -8.63. The molecule has 64 heavy (non-hydrogen) atoms. The second-order valence-corrected chi connectivity index (χ2v) is 24.0. The van der Waals surface area contributed by atoms with Crippen LogP contribution < -0.4 is 46.7 Å². The van der Waals surface area contributed by atoms with Gasteiger partial charge < -0.3 is 24.5 Å². The quantitative estimate of drug-likeness (QED) is 0.0800. The molecule has 10 heteroatoms. The Labute approximate surface area is 393 Å². The largest absolute Gasteiger partial charge is 0.444 e. The van der Waals surface area contributed by atoms with Gasteiger partial charge in [-0.05, 0) is 46.7 Å². The van der Waals surface area contributed by atoms with Crippen molar-refractivity contribution in [3.63, 3.8) is 0 Å². The second kappa shape index (κ2) is 24.4. The summed E-state index contributed by atoms with van der Waals surface area (Å²) in [6, 6.07) is 89.9. The fourth-order valence-electron chi connectivity index (χ4n) is 7.61. The summed E-state index contributed by atoms with van der Waals surface area (Å²) in [6.45, 7) is 0. The zero-order valence-corrected chi connectivity index (χ0v) is 40.0. The van der Waals surface area contributed by atoms with Gasteiger partial charge in [0.05, 0.1) is 0 Å². The monoisotopic (exact) mass is 972 g/mol. The Morgan fingerprint density at radius 2 is 0.328 bits per heavy atom. The normalized spacial score (nSPS) is 10.7. The summed E-state index contributed by atoms with van der Waals surface area (Å²) < 4.78 is 0. The van der Waals surface area contributed by atoms with Crippen molar-refractivity contribution in [3.05, 3.63) is 283 Å². The molecule has 0 bridgehead atoms. The second-order valence-electron chi connectivity index (χ2n) is 14.5. The van der Waals surface area contributed by atoms with E-state index in [0.717, 1.165) is 52.0 Å². The van der Waals surface area contributed by atoms with Gasteiger partial charge in [-0.2, -0.15) is 0 Å². The Kier molecular flexibility index (Phi) is 18.6. The third kappa shape index (κ3) is 11.6. The van der Waals surface area contributed by atoms with Crippen LogP contribution in [-0.4, -0.2) is 39.3 Å². The summed E-state index contributed by atoms with van der Waals surface area (Å²) in [5.74, 6) is 0. The van der Waals surface area contributed by atoms with Gasteiger partial charge in [-0.3, -0.25) is 0 Å². The van der Waals surface area contributed by atoms with E-state index in [9.17, 15) is 14.4 Å². The van der Waals surface area contributed by atoms with Crippen molar-refractivity contribution in [1.82, 2.24) is 0 Å². The van der Waals surface area contributed by atoms with Crippen molar-refractivity contribution in [2.75, 3.05) is 0 Å². The third-order valence-electron chi connectivity index (χ3n) is 10.7. The molecule has 0 fully saturated rings. The molecule has 0 radical (unpaired) electrons. The average molecular weight is 971 g/mol. The molecule has 0 aromatic heterocycles. The van der Waals surface area contributed by atoms with Gasteiger partial charge in [-0.15, -0.1) is 5.34 Å². The summed E-state index contributed by atoms with van der Waals surface area (Å²) in [5, 5.41) is 18.1. The van der Waals surface area contributed by atoms with Crippen molar-refractivity contribution >= 4 is 71.6 Å². The standard InChI is InChI=1S/3C18H16OSi.Mo.HNO2/c3*19-20(16-10-4-1-5-11-16,17-12-6-2-7-13-17)18-14-8-3-9-15-18;;2-1-3/h3*1-15,19H;;(H,2,3)/p-1. The van der Waals surface area contributed by atoms with E-state index >= 15 is 0 Å². The van der Waals surface area contributed by atoms with Gasteiger partial charge in [-0.25, -0.2) is 0 Å². The molecule has 0 aliphatic rings. The Morgan fingerprint density at radius 3 is 0.406 bits per heavy atom. The van der Waals surface area contributed by atoms with Crippen molar-refractivity contribution in [2.45, 2.75) is 0 Å². The van der Waals surface area contributed by atoms with Crippen LogP contribution in [0.2, 0.25) is 0 Å². The van der Waals surface area contributed by atoms with Gasteiger partial charge in [0.2, 0.25) is 0 Å². The molecule has 0 amide bonds. The number of rotatable bonds is 9. The van der Waals surface area contributed by atoms with E-state index in [1.807, 2.05) is 273 Å². The predicted octanol–water partition coefficient (Wildman–Crippen LogP) is 5.19. The molecule has 6 nitrogen and oxygen atoms in total. The van der Waals surface area contributed by atoms with Crippen LogP contribution >= 0.6 is 0 Å². The fraction of sp³-hybridized carbons (Fsp3) is 0. The molecule has 318 valence electrons. The van der Waals surface area contributed by atoms with Gasteiger partial charge in [0.1, 0.15) is 0 Å². The maximum Gasteiger partial charge on any atom is 0.285 e. The van der Waals surface area contributed by atoms with E-state index in [0.29, 0.717) is 0 Å². The van der Waals surface area contributed by atoms with Crippen molar-refractivity contribution in [1.29, 1.82) is 0 Å². The van der Waals surface area contributed by atoms with Crippen LogP contribution in [0.15, 0.2) is 278 Å². The van der Waals surface area contributed by atoms with Crippen LogP contribution in [0.4, 0.5) is 0 Å². The summed E-state index contributed by atoms with van der Waals surface area (Å²) >= 11 is 0. The zero-order chi connectivity index (χ0) is 44.2. The maximum absolute atomic E-state index is 11.6. The first kappa shape index (κ1) is 48.6. The molecule has 0 unspecified atom stereocenters. The molecule has 9 aromatic carbocycles. The third-order valence-corrected chi connectivity index (χ3v) is 21.2. The molecule has 0 spiro atoms.